The molecule has 0 bridgehead atoms. The first-order valence-electron chi connectivity index (χ1n) is 4.40. The molecule has 9 heteroatoms. The van der Waals surface area contributed by atoms with Gasteiger partial charge in [-0.3, -0.25) is 0 Å². The average molecular weight is 275 g/mol. The standard InChI is InChI=1S/C7H12NO.CHF3O3S/c1-9-7-5-3-2-4-6-8;2-1(3,4)8(5,6)7/h7H,2-5H2,1H3;(H,5,6,7)/q+1;/p-1. The van der Waals surface area contributed by atoms with Crippen LogP contribution >= 0.6 is 0 Å². The largest absolute Gasteiger partial charge is 0.741 e. The lowest BCUT2D eigenvalue weighted by atomic mass is 10.2. The van der Waals surface area contributed by atoms with Crippen LogP contribution in [-0.4, -0.2) is 25.6 Å². The monoisotopic (exact) mass is 275 g/mol. The minimum Gasteiger partial charge on any atom is -0.741 e. The van der Waals surface area contributed by atoms with E-state index in [1.165, 1.54) is 0 Å². The Kier molecular flexibility index (Phi) is 9.83. The van der Waals surface area contributed by atoms with E-state index in [4.69, 9.17) is 23.0 Å². The summed E-state index contributed by atoms with van der Waals surface area (Å²) in [6.45, 7) is 1.76. The van der Waals surface area contributed by atoms with Crippen molar-refractivity contribution in [3.63, 3.8) is 0 Å². The van der Waals surface area contributed by atoms with Crippen molar-refractivity contribution in [1.29, 1.82) is 5.26 Å². The molecule has 0 aliphatic heterocycles. The lowest BCUT2D eigenvalue weighted by Gasteiger charge is -2.08. The first-order valence-corrected chi connectivity index (χ1v) is 5.81. The van der Waals surface area contributed by atoms with Crippen LogP contribution in [0.25, 0.3) is 0 Å². The second-order valence-electron chi connectivity index (χ2n) is 2.71. The molecule has 0 amide bonds. The first kappa shape index (κ1) is 18.4. The maximum Gasteiger partial charge on any atom is 0.485 e. The van der Waals surface area contributed by atoms with Crippen LogP contribution in [0.15, 0.2) is 0 Å². The van der Waals surface area contributed by atoms with Crippen LogP contribution in [0, 0.1) is 17.9 Å². The Morgan fingerprint density at radius 2 is 1.88 bits per heavy atom. The number of nitriles is 1. The van der Waals surface area contributed by atoms with Gasteiger partial charge in [0.05, 0.1) is 13.2 Å². The van der Waals surface area contributed by atoms with Crippen molar-refractivity contribution >= 4 is 10.1 Å². The van der Waals surface area contributed by atoms with Crippen molar-refractivity contribution < 1.29 is 30.9 Å². The minimum absolute atomic E-state index is 0.664. The van der Waals surface area contributed by atoms with Gasteiger partial charge in [0.2, 0.25) is 6.61 Å². The number of methoxy groups -OCH3 is 1. The van der Waals surface area contributed by atoms with Crippen LogP contribution < -0.4 is 0 Å². The fraction of sp³-hybridized carbons (Fsp3) is 0.750. The molecule has 0 radical (unpaired) electrons. The van der Waals surface area contributed by atoms with E-state index < -0.39 is 15.6 Å². The molecule has 0 unspecified atom stereocenters. The molecule has 0 spiro atoms. The van der Waals surface area contributed by atoms with Crippen molar-refractivity contribution in [1.82, 2.24) is 0 Å². The Balaban J connectivity index is 0. The van der Waals surface area contributed by atoms with Crippen LogP contribution in [0.2, 0.25) is 0 Å². The highest BCUT2D eigenvalue weighted by molar-refractivity contribution is 7.86. The van der Waals surface area contributed by atoms with E-state index >= 15 is 0 Å². The van der Waals surface area contributed by atoms with Crippen molar-refractivity contribution in [3.8, 4) is 6.07 Å². The summed E-state index contributed by atoms with van der Waals surface area (Å²) in [5, 5.41) is 8.13. The van der Waals surface area contributed by atoms with Gasteiger partial charge in [0, 0.05) is 6.42 Å². The number of hydrogen-bond donors (Lipinski definition) is 0. The number of rotatable bonds is 5. The molecule has 0 atom stereocenters. The van der Waals surface area contributed by atoms with Gasteiger partial charge in [-0.1, -0.05) is 0 Å². The molecule has 0 aromatic rings. The normalized spacial score (nSPS) is 11.1. The highest BCUT2D eigenvalue weighted by Crippen LogP contribution is 2.20. The van der Waals surface area contributed by atoms with E-state index in [2.05, 4.69) is 6.07 Å². The molecule has 0 aromatic carbocycles. The summed E-state index contributed by atoms with van der Waals surface area (Å²) in [7, 11) is -4.45. The molecule has 0 aliphatic rings. The van der Waals surface area contributed by atoms with Crippen molar-refractivity contribution in [3.05, 3.63) is 6.61 Å². The third kappa shape index (κ3) is 13.0. The first-order chi connectivity index (χ1) is 7.66. The Hall–Kier alpha value is -0.980. The zero-order valence-corrected chi connectivity index (χ0v) is 9.84. The number of halogens is 3. The highest BCUT2D eigenvalue weighted by atomic mass is 32.2. The molecular formula is C8H12F3NO4S. The molecule has 0 rings (SSSR count). The molecule has 0 saturated carbocycles. The topological polar surface area (TPSA) is 90.2 Å². The predicted molar refractivity (Wildman–Crippen MR) is 51.1 cm³/mol. The summed E-state index contributed by atoms with van der Waals surface area (Å²) in [5.74, 6) is 0. The van der Waals surface area contributed by atoms with E-state index in [0.29, 0.717) is 6.42 Å². The molecule has 17 heavy (non-hydrogen) atoms. The van der Waals surface area contributed by atoms with Crippen LogP contribution in [0.5, 0.6) is 0 Å². The number of hydrogen-bond acceptors (Lipinski definition) is 5. The fourth-order valence-electron chi connectivity index (χ4n) is 0.550. The van der Waals surface area contributed by atoms with Gasteiger partial charge < -0.3 is 4.55 Å². The molecule has 100 valence electrons. The minimum atomic E-state index is -6.09. The molecule has 0 fully saturated rings. The highest BCUT2D eigenvalue weighted by Gasteiger charge is 2.36. The molecule has 0 saturated heterocycles. The van der Waals surface area contributed by atoms with E-state index in [0.717, 1.165) is 19.3 Å². The predicted octanol–water partition coefficient (Wildman–Crippen LogP) is 1.93. The Labute approximate surface area is 97.9 Å². The summed E-state index contributed by atoms with van der Waals surface area (Å²) in [4.78, 5) is 0. The van der Waals surface area contributed by atoms with Gasteiger partial charge in [-0.05, 0) is 12.8 Å². The van der Waals surface area contributed by atoms with Crippen molar-refractivity contribution in [2.75, 3.05) is 7.11 Å². The van der Waals surface area contributed by atoms with Crippen LogP contribution in [0.4, 0.5) is 13.2 Å². The van der Waals surface area contributed by atoms with Crippen LogP contribution in [0.3, 0.4) is 0 Å². The SMILES string of the molecule is CO[CH+]CCCCC#N.O=S(=O)([O-])C(F)(F)F. The summed E-state index contributed by atoms with van der Waals surface area (Å²) in [6.07, 6.45) is 3.66. The lowest BCUT2D eigenvalue weighted by molar-refractivity contribution is -0.0517. The third-order valence-electron chi connectivity index (χ3n) is 1.31. The van der Waals surface area contributed by atoms with Crippen LogP contribution in [-0.2, 0) is 14.9 Å². The summed E-state index contributed by atoms with van der Waals surface area (Å²) < 4.78 is 63.6. The second kappa shape index (κ2) is 9.09. The number of alkyl halides is 3. The molecule has 0 N–H and O–H groups in total. The van der Waals surface area contributed by atoms with Gasteiger partial charge in [0.25, 0.3) is 0 Å². The average Bonchev–Trinajstić information content (AvgIpc) is 2.15. The third-order valence-corrected chi connectivity index (χ3v) is 1.88. The Morgan fingerprint density at radius 3 is 2.18 bits per heavy atom. The summed E-state index contributed by atoms with van der Waals surface area (Å²) in [6, 6.07) is 2.09. The lowest BCUT2D eigenvalue weighted by Crippen LogP contribution is -2.21. The van der Waals surface area contributed by atoms with Gasteiger partial charge in [0.15, 0.2) is 10.1 Å². The smallest absolute Gasteiger partial charge is 0.485 e. The molecule has 0 aromatic heterocycles. The number of nitrogens with zero attached hydrogens (tertiary/aromatic N) is 1. The van der Waals surface area contributed by atoms with Gasteiger partial charge in [-0.15, -0.1) is 0 Å². The molecule has 0 aliphatic carbocycles. The summed E-state index contributed by atoms with van der Waals surface area (Å²) >= 11 is 0. The van der Waals surface area contributed by atoms with E-state index in [-0.39, 0.29) is 0 Å². The van der Waals surface area contributed by atoms with E-state index in [1.807, 2.05) is 0 Å². The molecular weight excluding hydrogens is 263 g/mol. The van der Waals surface area contributed by atoms with Gasteiger partial charge >= 0.3 is 5.51 Å². The van der Waals surface area contributed by atoms with E-state index in [9.17, 15) is 13.2 Å². The van der Waals surface area contributed by atoms with Crippen molar-refractivity contribution in [2.24, 2.45) is 0 Å². The van der Waals surface area contributed by atoms with Crippen molar-refractivity contribution in [2.45, 2.75) is 31.2 Å². The quantitative estimate of drug-likeness (QED) is 0.331. The second-order valence-corrected chi connectivity index (χ2v) is 4.08. The fourth-order valence-corrected chi connectivity index (χ4v) is 0.550. The van der Waals surface area contributed by atoms with Gasteiger partial charge in [-0.25, -0.2) is 8.42 Å². The summed E-state index contributed by atoms with van der Waals surface area (Å²) in [5.41, 5.74) is -5.65. The number of unbranched alkanes of at least 4 members (excludes halogenated alkanes) is 3. The van der Waals surface area contributed by atoms with Crippen LogP contribution in [0.1, 0.15) is 25.7 Å². The maximum absolute atomic E-state index is 10.7. The zero-order valence-electron chi connectivity index (χ0n) is 9.03. The van der Waals surface area contributed by atoms with E-state index in [1.54, 1.807) is 13.7 Å². The number of ether oxygens (including phenoxy) is 1. The Morgan fingerprint density at radius 1 is 1.41 bits per heavy atom. The maximum atomic E-state index is 10.7. The molecule has 5 nitrogen and oxygen atoms in total. The van der Waals surface area contributed by atoms with Gasteiger partial charge in [0.1, 0.15) is 6.42 Å². The Bertz CT molecular complexity index is 321. The zero-order chi connectivity index (χ0) is 13.9. The van der Waals surface area contributed by atoms with Gasteiger partial charge in [-0.2, -0.15) is 23.2 Å². The molecule has 0 heterocycles.